The number of rotatable bonds is 2. The summed E-state index contributed by atoms with van der Waals surface area (Å²) in [7, 11) is 0. The van der Waals surface area contributed by atoms with Crippen LogP contribution in [-0.2, 0) is 0 Å². The first kappa shape index (κ1) is 14.1. The standard InChI is InChI=1S/C18H19F2N/c1-11-8-10-16(14-6-4-3-5-13(11)14)21-18-15(19)9-7-12(2)17(18)20/h3-7,9,11,16,21H,8,10H2,1-2H3. The van der Waals surface area contributed by atoms with E-state index in [0.717, 1.165) is 18.4 Å². The summed E-state index contributed by atoms with van der Waals surface area (Å²) in [5, 5.41) is 3.08. The van der Waals surface area contributed by atoms with Gasteiger partial charge in [-0.25, -0.2) is 8.78 Å². The molecular formula is C18H19F2N. The van der Waals surface area contributed by atoms with Crippen molar-refractivity contribution in [3.05, 3.63) is 64.7 Å². The van der Waals surface area contributed by atoms with Gasteiger partial charge in [0.2, 0.25) is 0 Å². The van der Waals surface area contributed by atoms with Crippen molar-refractivity contribution >= 4 is 5.69 Å². The summed E-state index contributed by atoms with van der Waals surface area (Å²) in [6, 6.07) is 10.9. The van der Waals surface area contributed by atoms with E-state index in [1.807, 2.05) is 18.2 Å². The molecule has 2 aromatic carbocycles. The Morgan fingerprint density at radius 3 is 2.48 bits per heavy atom. The van der Waals surface area contributed by atoms with Crippen molar-refractivity contribution in [1.29, 1.82) is 0 Å². The topological polar surface area (TPSA) is 12.0 Å². The van der Waals surface area contributed by atoms with Crippen molar-refractivity contribution in [2.75, 3.05) is 5.32 Å². The summed E-state index contributed by atoms with van der Waals surface area (Å²) < 4.78 is 28.1. The minimum atomic E-state index is -0.533. The van der Waals surface area contributed by atoms with Gasteiger partial charge in [-0.1, -0.05) is 37.3 Å². The fourth-order valence-electron chi connectivity index (χ4n) is 3.12. The number of aryl methyl sites for hydroxylation is 1. The third-order valence-corrected chi connectivity index (χ3v) is 4.39. The van der Waals surface area contributed by atoms with Gasteiger partial charge < -0.3 is 5.32 Å². The molecule has 110 valence electrons. The molecule has 0 saturated carbocycles. The van der Waals surface area contributed by atoms with E-state index in [4.69, 9.17) is 0 Å². The van der Waals surface area contributed by atoms with E-state index in [0.29, 0.717) is 11.5 Å². The maximum absolute atomic E-state index is 14.2. The lowest BCUT2D eigenvalue weighted by molar-refractivity contribution is 0.523. The first-order chi connectivity index (χ1) is 10.1. The Labute approximate surface area is 124 Å². The highest BCUT2D eigenvalue weighted by Crippen LogP contribution is 2.39. The number of fused-ring (bicyclic) bond motifs is 1. The van der Waals surface area contributed by atoms with Crippen molar-refractivity contribution in [3.8, 4) is 0 Å². The summed E-state index contributed by atoms with van der Waals surface area (Å²) in [6.45, 7) is 3.85. The molecule has 21 heavy (non-hydrogen) atoms. The van der Waals surface area contributed by atoms with Crippen LogP contribution < -0.4 is 5.32 Å². The summed E-state index contributed by atoms with van der Waals surface area (Å²) in [5.74, 6) is -0.535. The lowest BCUT2D eigenvalue weighted by Gasteiger charge is -2.31. The molecule has 0 aromatic heterocycles. The summed E-state index contributed by atoms with van der Waals surface area (Å²) in [6.07, 6.45) is 1.90. The van der Waals surface area contributed by atoms with Crippen LogP contribution in [0.2, 0.25) is 0 Å². The van der Waals surface area contributed by atoms with Gasteiger partial charge in [0.25, 0.3) is 0 Å². The fraction of sp³-hybridized carbons (Fsp3) is 0.333. The first-order valence-electron chi connectivity index (χ1n) is 7.38. The zero-order chi connectivity index (χ0) is 15.0. The number of hydrogen-bond acceptors (Lipinski definition) is 1. The lowest BCUT2D eigenvalue weighted by atomic mass is 9.81. The number of anilines is 1. The third kappa shape index (κ3) is 2.53. The highest BCUT2D eigenvalue weighted by atomic mass is 19.1. The third-order valence-electron chi connectivity index (χ3n) is 4.39. The molecule has 0 amide bonds. The molecule has 0 saturated heterocycles. The molecule has 0 heterocycles. The maximum Gasteiger partial charge on any atom is 0.152 e. The molecule has 0 spiro atoms. The zero-order valence-corrected chi connectivity index (χ0v) is 12.3. The molecule has 1 aliphatic rings. The van der Waals surface area contributed by atoms with Gasteiger partial charge in [0, 0.05) is 0 Å². The summed E-state index contributed by atoms with van der Waals surface area (Å²) in [4.78, 5) is 0. The molecular weight excluding hydrogens is 268 g/mol. The van der Waals surface area contributed by atoms with Gasteiger partial charge in [-0.3, -0.25) is 0 Å². The molecule has 1 N–H and O–H groups in total. The Hall–Kier alpha value is -1.90. The average molecular weight is 287 g/mol. The van der Waals surface area contributed by atoms with Gasteiger partial charge in [-0.15, -0.1) is 0 Å². The first-order valence-corrected chi connectivity index (χ1v) is 7.38. The molecule has 0 fully saturated rings. The maximum atomic E-state index is 14.2. The molecule has 2 unspecified atom stereocenters. The normalized spacial score (nSPS) is 21.0. The Kier molecular flexibility index (Phi) is 3.66. The summed E-state index contributed by atoms with van der Waals surface area (Å²) >= 11 is 0. The predicted octanol–water partition coefficient (Wildman–Crippen LogP) is 5.32. The number of benzene rings is 2. The monoisotopic (exact) mass is 287 g/mol. The molecule has 2 aromatic rings. The highest BCUT2D eigenvalue weighted by molar-refractivity contribution is 5.52. The smallest absolute Gasteiger partial charge is 0.152 e. The van der Waals surface area contributed by atoms with Gasteiger partial charge in [0.05, 0.1) is 6.04 Å². The molecule has 2 atom stereocenters. The molecule has 0 radical (unpaired) electrons. The second kappa shape index (κ2) is 5.47. The van der Waals surface area contributed by atoms with Gasteiger partial charge in [-0.05, 0) is 48.4 Å². The molecule has 0 bridgehead atoms. The van der Waals surface area contributed by atoms with Gasteiger partial charge in [-0.2, -0.15) is 0 Å². The van der Waals surface area contributed by atoms with Crippen molar-refractivity contribution in [3.63, 3.8) is 0 Å². The van der Waals surface area contributed by atoms with Crippen molar-refractivity contribution < 1.29 is 8.78 Å². The Morgan fingerprint density at radius 1 is 1.00 bits per heavy atom. The van der Waals surface area contributed by atoms with Crippen LogP contribution in [0.3, 0.4) is 0 Å². The van der Waals surface area contributed by atoms with Crippen molar-refractivity contribution in [2.24, 2.45) is 0 Å². The largest absolute Gasteiger partial charge is 0.373 e. The van der Waals surface area contributed by atoms with Crippen LogP contribution in [0.15, 0.2) is 36.4 Å². The van der Waals surface area contributed by atoms with Crippen molar-refractivity contribution in [2.45, 2.75) is 38.6 Å². The van der Waals surface area contributed by atoms with E-state index in [1.54, 1.807) is 6.92 Å². The van der Waals surface area contributed by atoms with E-state index < -0.39 is 11.6 Å². The summed E-state index contributed by atoms with van der Waals surface area (Å²) in [5.41, 5.74) is 2.87. The second-order valence-corrected chi connectivity index (χ2v) is 5.86. The molecule has 3 rings (SSSR count). The minimum absolute atomic E-state index is 0.00986. The second-order valence-electron chi connectivity index (χ2n) is 5.86. The van der Waals surface area contributed by atoms with Gasteiger partial charge >= 0.3 is 0 Å². The zero-order valence-electron chi connectivity index (χ0n) is 12.3. The number of hydrogen-bond donors (Lipinski definition) is 1. The van der Waals surface area contributed by atoms with Crippen LogP contribution in [0.1, 0.15) is 48.4 Å². The number of halogens is 2. The van der Waals surface area contributed by atoms with Gasteiger partial charge in [0.15, 0.2) is 5.82 Å². The quantitative estimate of drug-likeness (QED) is 0.787. The lowest BCUT2D eigenvalue weighted by Crippen LogP contribution is -2.20. The van der Waals surface area contributed by atoms with Crippen LogP contribution in [0, 0.1) is 18.6 Å². The fourth-order valence-corrected chi connectivity index (χ4v) is 3.12. The van der Waals surface area contributed by atoms with E-state index >= 15 is 0 Å². The minimum Gasteiger partial charge on any atom is -0.373 e. The molecule has 1 nitrogen and oxygen atoms in total. The Balaban J connectivity index is 1.97. The predicted molar refractivity (Wildman–Crippen MR) is 81.5 cm³/mol. The van der Waals surface area contributed by atoms with E-state index in [1.165, 1.54) is 17.7 Å². The number of nitrogens with one attached hydrogen (secondary N) is 1. The van der Waals surface area contributed by atoms with Gasteiger partial charge in [0.1, 0.15) is 11.5 Å². The molecule has 1 aliphatic carbocycles. The van der Waals surface area contributed by atoms with Crippen LogP contribution in [0.4, 0.5) is 14.5 Å². The van der Waals surface area contributed by atoms with Crippen molar-refractivity contribution in [1.82, 2.24) is 0 Å². The highest BCUT2D eigenvalue weighted by Gasteiger charge is 2.26. The van der Waals surface area contributed by atoms with Crippen LogP contribution >= 0.6 is 0 Å². The van der Waals surface area contributed by atoms with Crippen LogP contribution in [0.5, 0.6) is 0 Å². The SMILES string of the molecule is Cc1ccc(F)c(NC2CCC(C)c3ccccc32)c1F. The Bertz CT molecular complexity index is 666. The van der Waals surface area contributed by atoms with Crippen LogP contribution in [-0.4, -0.2) is 0 Å². The molecule has 3 heteroatoms. The Morgan fingerprint density at radius 2 is 1.71 bits per heavy atom. The van der Waals surface area contributed by atoms with E-state index in [2.05, 4.69) is 18.3 Å². The molecule has 0 aliphatic heterocycles. The van der Waals surface area contributed by atoms with Crippen LogP contribution in [0.25, 0.3) is 0 Å². The van der Waals surface area contributed by atoms with E-state index in [9.17, 15) is 8.78 Å². The van der Waals surface area contributed by atoms with E-state index in [-0.39, 0.29) is 11.7 Å². The average Bonchev–Trinajstić information content (AvgIpc) is 2.50.